The number of pyridine rings is 1. The summed E-state index contributed by atoms with van der Waals surface area (Å²) in [6.45, 7) is 36.5. The molecule has 0 atom stereocenters. The number of fused-ring (bicyclic) bond motifs is 4. The molecule has 0 N–H and O–H groups in total. The van der Waals surface area contributed by atoms with Crippen LogP contribution in [0.5, 0.6) is 11.5 Å². The maximum Gasteiger partial charge on any atom is 0.135 e. The molecule has 9 aromatic rings. The van der Waals surface area contributed by atoms with Crippen LogP contribution >= 0.6 is 0 Å². The van der Waals surface area contributed by atoms with Crippen LogP contribution in [0.25, 0.3) is 49.9 Å². The van der Waals surface area contributed by atoms with Gasteiger partial charge < -0.3 is 19.1 Å². The average molecular weight is 1160 g/mol. The molecule has 0 saturated heterocycles. The van der Waals surface area contributed by atoms with E-state index < -0.39 is 0 Å². The number of hydrogen-bond acceptors (Lipinski definition) is 4. The quantitative estimate of drug-likeness (QED) is 0.149. The third-order valence-electron chi connectivity index (χ3n) is 14.5. The number of ether oxygens (including phenoxy) is 1. The first-order valence-electron chi connectivity index (χ1n) is 25.9. The second-order valence-corrected chi connectivity index (χ2v) is 25.3. The topological polar surface area (TPSA) is 33.5 Å². The summed E-state index contributed by atoms with van der Waals surface area (Å²) in [5, 5.41) is 2.21. The minimum Gasteiger partial charge on any atom is -0.509 e. The molecule has 0 unspecified atom stereocenters. The van der Waals surface area contributed by atoms with Crippen molar-refractivity contribution in [2.75, 3.05) is 9.80 Å². The van der Waals surface area contributed by atoms with Crippen molar-refractivity contribution >= 4 is 44.6 Å². The molecule has 0 amide bonds. The van der Waals surface area contributed by atoms with Crippen molar-refractivity contribution in [3.8, 4) is 39.6 Å². The largest absolute Gasteiger partial charge is 0.509 e. The van der Waals surface area contributed by atoms with Crippen LogP contribution in [-0.2, 0) is 48.1 Å². The summed E-state index contributed by atoms with van der Waals surface area (Å²) in [5.74, 6) is 2.03. The molecule has 0 radical (unpaired) electrons. The van der Waals surface area contributed by atoms with Crippen LogP contribution in [0.4, 0.5) is 22.7 Å². The van der Waals surface area contributed by atoms with E-state index in [9.17, 15) is 0 Å². The van der Waals surface area contributed by atoms with E-state index in [0.717, 1.165) is 50.4 Å². The molecule has 6 heteroatoms. The Bertz CT molecular complexity index is 3490. The Kier molecular flexibility index (Phi) is 13.5. The smallest absolute Gasteiger partial charge is 0.135 e. The van der Waals surface area contributed by atoms with E-state index in [1.807, 2.05) is 24.4 Å². The van der Waals surface area contributed by atoms with E-state index in [0.29, 0.717) is 11.5 Å². The normalized spacial score (nSPS) is 13.4. The van der Waals surface area contributed by atoms with Gasteiger partial charge in [0.25, 0.3) is 0 Å². The number of para-hydroxylation sites is 2. The molecule has 2 aromatic heterocycles. The Morgan fingerprint density at radius 1 is 0.459 bits per heavy atom. The van der Waals surface area contributed by atoms with E-state index in [1.54, 1.807) is 0 Å². The summed E-state index contributed by atoms with van der Waals surface area (Å²) >= 11 is 0. The van der Waals surface area contributed by atoms with Crippen LogP contribution in [-0.4, -0.2) is 9.55 Å². The Labute approximate surface area is 455 Å². The van der Waals surface area contributed by atoms with E-state index in [-0.39, 0.29) is 48.1 Å². The van der Waals surface area contributed by atoms with Crippen molar-refractivity contribution in [1.82, 2.24) is 9.55 Å². The first kappa shape index (κ1) is 52.4. The summed E-state index contributed by atoms with van der Waals surface area (Å²) in [4.78, 5) is 9.55. The average Bonchev–Trinajstić information content (AvgIpc) is 3.89. The number of hydrogen-bond donors (Lipinski definition) is 0. The van der Waals surface area contributed by atoms with Gasteiger partial charge in [-0.2, -0.15) is 12.1 Å². The third-order valence-corrected chi connectivity index (χ3v) is 14.5. The molecule has 0 aliphatic carbocycles. The van der Waals surface area contributed by atoms with Crippen molar-refractivity contribution in [2.45, 2.75) is 131 Å². The van der Waals surface area contributed by atoms with Gasteiger partial charge in [-0.3, -0.25) is 0 Å². The molecular formula is C68H71N4OPt-3. The molecule has 1 aliphatic rings. The Balaban J connectivity index is 0.00000672. The van der Waals surface area contributed by atoms with Gasteiger partial charge in [-0.05, 0) is 113 Å². The monoisotopic (exact) mass is 1150 g/mol. The van der Waals surface area contributed by atoms with E-state index in [1.165, 1.54) is 50.1 Å². The number of aromatic nitrogens is 2. The third kappa shape index (κ3) is 10.2. The van der Waals surface area contributed by atoms with E-state index >= 15 is 0 Å². The summed E-state index contributed by atoms with van der Waals surface area (Å²) in [6, 6.07) is 60.5. The van der Waals surface area contributed by atoms with E-state index in [2.05, 4.69) is 264 Å². The first-order valence-corrected chi connectivity index (χ1v) is 25.9. The summed E-state index contributed by atoms with van der Waals surface area (Å²) in [5.41, 5.74) is 17.3. The maximum atomic E-state index is 6.82. The van der Waals surface area contributed by atoms with Gasteiger partial charge in [-0.15, -0.1) is 48.1 Å². The Morgan fingerprint density at radius 3 is 1.65 bits per heavy atom. The van der Waals surface area contributed by atoms with Gasteiger partial charge in [0.05, 0.1) is 0 Å². The predicted molar refractivity (Wildman–Crippen MR) is 309 cm³/mol. The van der Waals surface area contributed by atoms with Crippen LogP contribution < -0.4 is 14.5 Å². The van der Waals surface area contributed by atoms with Crippen LogP contribution in [0.15, 0.2) is 152 Å². The standard InChI is InChI=1S/C68H71N4O.Pt/c1-64(2,3)47-31-32-69-62(40-47)72-59-30-27-44(45-33-48(65(4,5)6)38-49(34-45)66(7,8)9)37-58(59)57-29-28-55(42-61(57)72)73-54-24-19-23-53(41-54)70-43-71(52-21-17-16-18-22-52)63-56(25-20-26-60(63)70)46-35-50(67(10,11)12)39-51(36-46)68(13,14)15;/h16-40,43H,1-15H3;/q-3;. The number of anilines is 4. The maximum absolute atomic E-state index is 6.82. The van der Waals surface area contributed by atoms with E-state index in [4.69, 9.17) is 9.72 Å². The molecule has 3 heterocycles. The van der Waals surface area contributed by atoms with Gasteiger partial charge in [0.2, 0.25) is 0 Å². The Hall–Kier alpha value is -6.42. The molecule has 5 nitrogen and oxygen atoms in total. The molecule has 1 aliphatic heterocycles. The number of benzene rings is 7. The van der Waals surface area contributed by atoms with Crippen molar-refractivity contribution < 1.29 is 25.8 Å². The number of nitrogens with zero attached hydrogens (tertiary/aromatic N) is 4. The van der Waals surface area contributed by atoms with Crippen molar-refractivity contribution in [3.05, 3.63) is 198 Å². The summed E-state index contributed by atoms with van der Waals surface area (Å²) < 4.78 is 9.06. The summed E-state index contributed by atoms with van der Waals surface area (Å²) in [7, 11) is 0. The zero-order valence-corrected chi connectivity index (χ0v) is 48.3. The molecular weight excluding hydrogens is 1080 g/mol. The predicted octanol–water partition coefficient (Wildman–Crippen LogP) is 18.8. The van der Waals surface area contributed by atoms with Crippen LogP contribution in [0.2, 0.25) is 0 Å². The van der Waals surface area contributed by atoms with Gasteiger partial charge in [-0.1, -0.05) is 188 Å². The molecule has 0 bridgehead atoms. The van der Waals surface area contributed by atoms with Crippen LogP contribution in [0.3, 0.4) is 0 Å². The van der Waals surface area contributed by atoms with Gasteiger partial charge in [0.15, 0.2) is 0 Å². The number of rotatable bonds is 7. The van der Waals surface area contributed by atoms with Crippen molar-refractivity contribution in [2.24, 2.45) is 0 Å². The minimum absolute atomic E-state index is 0. The Morgan fingerprint density at radius 2 is 1.04 bits per heavy atom. The second kappa shape index (κ2) is 19.1. The van der Waals surface area contributed by atoms with Gasteiger partial charge in [-0.25, -0.2) is 4.98 Å². The molecule has 0 fully saturated rings. The van der Waals surface area contributed by atoms with Crippen molar-refractivity contribution in [1.29, 1.82) is 0 Å². The molecule has 382 valence electrons. The molecule has 10 rings (SSSR count). The fourth-order valence-electron chi connectivity index (χ4n) is 9.90. The molecule has 0 saturated carbocycles. The fourth-order valence-corrected chi connectivity index (χ4v) is 9.90. The zero-order valence-electron chi connectivity index (χ0n) is 46.0. The second-order valence-electron chi connectivity index (χ2n) is 25.3. The molecule has 74 heavy (non-hydrogen) atoms. The zero-order chi connectivity index (χ0) is 52.0. The van der Waals surface area contributed by atoms with Gasteiger partial charge in [0.1, 0.15) is 5.82 Å². The first-order chi connectivity index (χ1) is 34.3. The fraction of sp³-hybridized carbons (Fsp3) is 0.294. The van der Waals surface area contributed by atoms with Crippen LogP contribution in [0.1, 0.15) is 132 Å². The van der Waals surface area contributed by atoms with Gasteiger partial charge in [0, 0.05) is 66.9 Å². The minimum atomic E-state index is -0.0641. The molecule has 7 aromatic carbocycles. The summed E-state index contributed by atoms with van der Waals surface area (Å²) in [6.07, 6.45) is 1.93. The van der Waals surface area contributed by atoms with Gasteiger partial charge >= 0.3 is 0 Å². The van der Waals surface area contributed by atoms with Crippen molar-refractivity contribution in [3.63, 3.8) is 0 Å². The SMILES string of the molecule is CC(C)(C)c1cc(-c2ccc3c(c2)c2ccc(Oc4[c-]c(N5[CH-]N(c6ccccc6)c6c(-c7cc(C(C)(C)C)cc(C(C)(C)C)c7)cccc65)ccc4)[c-]c2n3-c2cc(C(C)(C)C)ccn2)cc(C(C)(C)C)c1.[Pt]. The van der Waals surface area contributed by atoms with Crippen LogP contribution in [0, 0.1) is 18.8 Å². The molecule has 0 spiro atoms.